The summed E-state index contributed by atoms with van der Waals surface area (Å²) in [6.07, 6.45) is -0.896. The smallest absolute Gasteiger partial charge is 0.407 e. The molecule has 1 N–H and O–H groups in total. The van der Waals surface area contributed by atoms with Gasteiger partial charge in [0.05, 0.1) is 24.9 Å². The molecule has 0 radical (unpaired) electrons. The van der Waals surface area contributed by atoms with Crippen LogP contribution in [0, 0.1) is 6.92 Å². The Morgan fingerprint density at radius 3 is 2.42 bits per heavy atom. The van der Waals surface area contributed by atoms with Crippen molar-refractivity contribution in [3.05, 3.63) is 70.3 Å². The molecule has 1 aromatic heterocycles. The van der Waals surface area contributed by atoms with Gasteiger partial charge in [-0.3, -0.25) is 14.4 Å². The molecule has 2 aromatic carbocycles. The lowest BCUT2D eigenvalue weighted by Crippen LogP contribution is -2.50. The zero-order chi connectivity index (χ0) is 25.4. The molecule has 0 spiro atoms. The Morgan fingerprint density at radius 1 is 1.06 bits per heavy atom. The number of ether oxygens (including phenoxy) is 1. The van der Waals surface area contributed by atoms with Gasteiger partial charge in [-0.05, 0) is 37.3 Å². The van der Waals surface area contributed by atoms with Crippen LogP contribution in [0.15, 0.2) is 47.5 Å². The van der Waals surface area contributed by atoms with Gasteiger partial charge in [-0.2, -0.15) is 0 Å². The van der Waals surface area contributed by atoms with Gasteiger partial charge in [0.2, 0.25) is 5.91 Å². The van der Waals surface area contributed by atoms with E-state index in [1.54, 1.807) is 24.1 Å². The molecule has 0 unspecified atom stereocenters. The normalized spacial score (nSPS) is 17.1. The van der Waals surface area contributed by atoms with E-state index in [9.17, 15) is 14.7 Å². The van der Waals surface area contributed by atoms with E-state index < -0.39 is 12.1 Å². The number of rotatable bonds is 4. The number of hydrogen-bond donors (Lipinski definition) is 1. The molecule has 0 aliphatic carbocycles. The second-order valence-corrected chi connectivity index (χ2v) is 9.12. The highest BCUT2D eigenvalue weighted by Crippen LogP contribution is 2.34. The quantitative estimate of drug-likeness (QED) is 0.578. The minimum absolute atomic E-state index is 0.0768. The Morgan fingerprint density at radius 2 is 1.75 bits per heavy atom. The van der Waals surface area contributed by atoms with Gasteiger partial charge in [0.25, 0.3) is 0 Å². The molecule has 10 nitrogen and oxygen atoms in total. The van der Waals surface area contributed by atoms with Crippen LogP contribution >= 0.6 is 11.6 Å². The number of methoxy groups -OCH3 is 1. The van der Waals surface area contributed by atoms with Crippen LogP contribution in [-0.4, -0.2) is 80.7 Å². The van der Waals surface area contributed by atoms with Gasteiger partial charge in [-0.15, -0.1) is 10.2 Å². The molecule has 11 heteroatoms. The highest BCUT2D eigenvalue weighted by Gasteiger charge is 2.32. The van der Waals surface area contributed by atoms with E-state index in [0.717, 1.165) is 16.8 Å². The SMILES string of the molecule is COc1ccc2c(c1)C(c1ccc(Cl)cc1)=N[C@@H](CC(=O)N1CCN(C(=O)O)CC1)c1nnc(C)n1-2. The van der Waals surface area contributed by atoms with Gasteiger partial charge < -0.3 is 19.6 Å². The number of aryl methyl sites for hydroxylation is 1. The fourth-order valence-electron chi connectivity index (χ4n) is 4.62. The summed E-state index contributed by atoms with van der Waals surface area (Å²) in [7, 11) is 1.61. The van der Waals surface area contributed by atoms with Crippen molar-refractivity contribution < 1.29 is 19.4 Å². The van der Waals surface area contributed by atoms with Crippen molar-refractivity contribution in [2.45, 2.75) is 19.4 Å². The van der Waals surface area contributed by atoms with E-state index in [1.807, 2.05) is 41.8 Å². The van der Waals surface area contributed by atoms with Gasteiger partial charge in [0, 0.05) is 42.3 Å². The van der Waals surface area contributed by atoms with Gasteiger partial charge in [0.1, 0.15) is 17.6 Å². The van der Waals surface area contributed by atoms with E-state index in [-0.39, 0.29) is 25.4 Å². The number of carbonyl (C=O) groups excluding carboxylic acids is 1. The first-order chi connectivity index (χ1) is 17.4. The van der Waals surface area contributed by atoms with Crippen molar-refractivity contribution >= 4 is 29.3 Å². The van der Waals surface area contributed by atoms with Crippen LogP contribution in [0.2, 0.25) is 5.02 Å². The minimum Gasteiger partial charge on any atom is -0.497 e. The van der Waals surface area contributed by atoms with Crippen molar-refractivity contribution in [3.63, 3.8) is 0 Å². The molecule has 5 rings (SSSR count). The lowest BCUT2D eigenvalue weighted by Gasteiger charge is -2.33. The number of fused-ring (bicyclic) bond motifs is 3. The molecule has 0 saturated carbocycles. The molecule has 3 heterocycles. The molecule has 2 aliphatic heterocycles. The molecule has 1 fully saturated rings. The number of carboxylic acid groups (broad SMARTS) is 1. The number of piperazine rings is 1. The highest BCUT2D eigenvalue weighted by molar-refractivity contribution is 6.30. The lowest BCUT2D eigenvalue weighted by molar-refractivity contribution is -0.133. The lowest BCUT2D eigenvalue weighted by atomic mass is 10.00. The predicted molar refractivity (Wildman–Crippen MR) is 133 cm³/mol. The predicted octanol–water partition coefficient (Wildman–Crippen LogP) is 3.34. The van der Waals surface area contributed by atoms with Crippen LogP contribution in [0.5, 0.6) is 5.75 Å². The van der Waals surface area contributed by atoms with Gasteiger partial charge in [-0.25, -0.2) is 4.79 Å². The first-order valence-electron chi connectivity index (χ1n) is 11.6. The average Bonchev–Trinajstić information content (AvgIpc) is 3.21. The minimum atomic E-state index is -0.972. The molecular formula is C25H25ClN6O4. The fourth-order valence-corrected chi connectivity index (χ4v) is 4.74. The fraction of sp³-hybridized carbons (Fsp3) is 0.320. The van der Waals surface area contributed by atoms with Crippen molar-refractivity contribution in [1.82, 2.24) is 24.6 Å². The van der Waals surface area contributed by atoms with Crippen molar-refractivity contribution in [2.24, 2.45) is 4.99 Å². The van der Waals surface area contributed by atoms with E-state index in [4.69, 9.17) is 21.3 Å². The van der Waals surface area contributed by atoms with Crippen LogP contribution < -0.4 is 4.74 Å². The van der Waals surface area contributed by atoms with E-state index in [2.05, 4.69) is 10.2 Å². The Bertz CT molecular complexity index is 1350. The third-order valence-electron chi connectivity index (χ3n) is 6.52. The van der Waals surface area contributed by atoms with Crippen LogP contribution in [0.4, 0.5) is 4.79 Å². The molecule has 1 saturated heterocycles. The van der Waals surface area contributed by atoms with Crippen molar-refractivity contribution in [1.29, 1.82) is 0 Å². The number of benzene rings is 2. The summed E-state index contributed by atoms with van der Waals surface area (Å²) in [4.78, 5) is 32.6. The Hall–Kier alpha value is -3.92. The molecule has 3 aromatic rings. The van der Waals surface area contributed by atoms with Crippen LogP contribution in [0.1, 0.15) is 35.2 Å². The summed E-state index contributed by atoms with van der Waals surface area (Å²) < 4.78 is 7.43. The molecule has 1 atom stereocenters. The molecule has 36 heavy (non-hydrogen) atoms. The maximum atomic E-state index is 13.3. The summed E-state index contributed by atoms with van der Waals surface area (Å²) in [6.45, 7) is 3.11. The number of aliphatic imine (C=N–C) groups is 1. The summed E-state index contributed by atoms with van der Waals surface area (Å²) in [5, 5.41) is 18.5. The van der Waals surface area contributed by atoms with Gasteiger partial charge in [-0.1, -0.05) is 23.7 Å². The molecule has 0 bridgehead atoms. The standard InChI is InChI=1S/C25H25ClN6O4/c1-15-28-29-24-20(14-22(33)30-9-11-31(12-10-30)25(34)35)27-23(16-3-5-17(26)6-4-16)19-13-18(36-2)7-8-21(19)32(15)24/h3-8,13,20H,9-12,14H2,1-2H3,(H,34,35)/t20-/m0/s1. The molecule has 2 aliphatic rings. The average molecular weight is 509 g/mol. The van der Waals surface area contributed by atoms with Crippen molar-refractivity contribution in [2.75, 3.05) is 33.3 Å². The third-order valence-corrected chi connectivity index (χ3v) is 6.77. The van der Waals surface area contributed by atoms with E-state index >= 15 is 0 Å². The summed E-state index contributed by atoms with van der Waals surface area (Å²) >= 11 is 6.15. The summed E-state index contributed by atoms with van der Waals surface area (Å²) in [5.74, 6) is 1.81. The second kappa shape index (κ2) is 9.62. The third kappa shape index (κ3) is 4.39. The summed E-state index contributed by atoms with van der Waals surface area (Å²) in [5.41, 5.74) is 3.20. The first-order valence-corrected chi connectivity index (χ1v) is 11.9. The van der Waals surface area contributed by atoms with Crippen LogP contribution in [0.3, 0.4) is 0 Å². The van der Waals surface area contributed by atoms with E-state index in [1.165, 1.54) is 4.90 Å². The molecule has 186 valence electrons. The number of aromatic nitrogens is 3. The Balaban J connectivity index is 1.57. The number of hydrogen-bond acceptors (Lipinski definition) is 6. The number of halogens is 1. The topological polar surface area (TPSA) is 113 Å². The monoisotopic (exact) mass is 508 g/mol. The van der Waals surface area contributed by atoms with Crippen molar-refractivity contribution in [3.8, 4) is 11.4 Å². The van der Waals surface area contributed by atoms with Crippen LogP contribution in [-0.2, 0) is 4.79 Å². The largest absolute Gasteiger partial charge is 0.497 e. The zero-order valence-corrected chi connectivity index (χ0v) is 20.6. The highest BCUT2D eigenvalue weighted by atomic mass is 35.5. The Labute approximate surface area is 212 Å². The Kier molecular flexibility index (Phi) is 6.36. The van der Waals surface area contributed by atoms with Crippen LogP contribution in [0.25, 0.3) is 5.69 Å². The molecule has 2 amide bonds. The van der Waals surface area contributed by atoms with Gasteiger partial charge in [0.15, 0.2) is 5.82 Å². The summed E-state index contributed by atoms with van der Waals surface area (Å²) in [6, 6.07) is 12.5. The molecular weight excluding hydrogens is 484 g/mol. The van der Waals surface area contributed by atoms with E-state index in [0.29, 0.717) is 41.2 Å². The number of carbonyl (C=O) groups is 2. The number of nitrogens with zero attached hydrogens (tertiary/aromatic N) is 6. The maximum Gasteiger partial charge on any atom is 0.407 e. The van der Waals surface area contributed by atoms with Gasteiger partial charge >= 0.3 is 6.09 Å². The zero-order valence-electron chi connectivity index (χ0n) is 19.9. The maximum absolute atomic E-state index is 13.3. The number of amides is 2. The second-order valence-electron chi connectivity index (χ2n) is 8.68. The first kappa shape index (κ1) is 23.8.